The predicted octanol–water partition coefficient (Wildman–Crippen LogP) is 1.56. The fraction of sp³-hybridized carbons (Fsp3) is 0.538. The van der Waals surface area contributed by atoms with Gasteiger partial charge in [-0.25, -0.2) is 4.39 Å². The maximum Gasteiger partial charge on any atom is 0.256 e. The predicted molar refractivity (Wildman–Crippen MR) is 66.5 cm³/mol. The summed E-state index contributed by atoms with van der Waals surface area (Å²) >= 11 is 0. The van der Waals surface area contributed by atoms with E-state index in [1.165, 1.54) is 12.3 Å². The van der Waals surface area contributed by atoms with Gasteiger partial charge < -0.3 is 10.6 Å². The minimum atomic E-state index is -0.568. The molecule has 1 aliphatic rings. The summed E-state index contributed by atoms with van der Waals surface area (Å²) in [6, 6.07) is 1.82. The molecule has 1 saturated carbocycles. The van der Waals surface area contributed by atoms with Crippen LogP contribution in [0, 0.1) is 5.82 Å². The molecule has 1 aromatic rings. The third kappa shape index (κ3) is 2.67. The lowest BCUT2D eigenvalue weighted by molar-refractivity contribution is 0.0685. The Morgan fingerprint density at radius 2 is 2.11 bits per heavy atom. The topological polar surface area (TPSA) is 59.2 Å². The fourth-order valence-electron chi connectivity index (χ4n) is 2.39. The van der Waals surface area contributed by atoms with Crippen LogP contribution in [0.5, 0.6) is 0 Å². The van der Waals surface area contributed by atoms with Crippen molar-refractivity contribution in [2.75, 3.05) is 7.05 Å². The van der Waals surface area contributed by atoms with E-state index in [2.05, 4.69) is 4.98 Å². The molecule has 18 heavy (non-hydrogen) atoms. The molecule has 4 nitrogen and oxygen atoms in total. The second kappa shape index (κ2) is 5.44. The zero-order valence-corrected chi connectivity index (χ0v) is 10.5. The molecule has 1 amide bonds. The van der Waals surface area contributed by atoms with Crippen molar-refractivity contribution in [1.82, 2.24) is 9.88 Å². The van der Waals surface area contributed by atoms with Crippen molar-refractivity contribution < 1.29 is 9.18 Å². The Balaban J connectivity index is 2.07. The van der Waals surface area contributed by atoms with Gasteiger partial charge in [0.05, 0.1) is 11.8 Å². The second-order valence-electron chi connectivity index (χ2n) is 4.84. The Labute approximate surface area is 106 Å². The number of halogens is 1. The molecule has 0 spiro atoms. The maximum absolute atomic E-state index is 13.5. The number of hydrogen-bond acceptors (Lipinski definition) is 3. The van der Waals surface area contributed by atoms with E-state index < -0.39 is 5.82 Å². The van der Waals surface area contributed by atoms with Crippen molar-refractivity contribution in [2.24, 2.45) is 5.73 Å². The highest BCUT2D eigenvalue weighted by Crippen LogP contribution is 2.22. The molecule has 5 heteroatoms. The first-order valence-corrected chi connectivity index (χ1v) is 6.22. The van der Waals surface area contributed by atoms with Gasteiger partial charge in [0.2, 0.25) is 0 Å². The van der Waals surface area contributed by atoms with E-state index in [4.69, 9.17) is 5.73 Å². The first kappa shape index (κ1) is 13.0. The number of amides is 1. The summed E-state index contributed by atoms with van der Waals surface area (Å²) < 4.78 is 13.5. The van der Waals surface area contributed by atoms with Gasteiger partial charge in [0, 0.05) is 25.3 Å². The Bertz CT molecular complexity index is 430. The smallest absolute Gasteiger partial charge is 0.256 e. The lowest BCUT2D eigenvalue weighted by Gasteiger charge is -2.33. The van der Waals surface area contributed by atoms with Crippen molar-refractivity contribution in [3.63, 3.8) is 0 Å². The van der Waals surface area contributed by atoms with Crippen LogP contribution in [0.1, 0.15) is 36.0 Å². The molecule has 98 valence electrons. The highest BCUT2D eigenvalue weighted by Gasteiger charge is 2.26. The summed E-state index contributed by atoms with van der Waals surface area (Å²) in [6.07, 6.45) is 6.10. The number of carbonyl (C=O) groups excluding carboxylic acids is 1. The molecule has 1 aromatic heterocycles. The molecule has 0 aromatic carbocycles. The fourth-order valence-corrected chi connectivity index (χ4v) is 2.39. The van der Waals surface area contributed by atoms with Gasteiger partial charge in [-0.2, -0.15) is 0 Å². The quantitative estimate of drug-likeness (QED) is 0.867. The van der Waals surface area contributed by atoms with Crippen LogP contribution in [0.15, 0.2) is 18.5 Å². The molecule has 0 radical (unpaired) electrons. The molecule has 2 N–H and O–H groups in total. The minimum absolute atomic E-state index is 0.0855. The minimum Gasteiger partial charge on any atom is -0.339 e. The van der Waals surface area contributed by atoms with Crippen LogP contribution < -0.4 is 5.73 Å². The van der Waals surface area contributed by atoms with E-state index in [0.717, 1.165) is 31.9 Å². The Hall–Kier alpha value is -1.49. The monoisotopic (exact) mass is 251 g/mol. The second-order valence-corrected chi connectivity index (χ2v) is 4.84. The van der Waals surface area contributed by atoms with Gasteiger partial charge in [-0.15, -0.1) is 0 Å². The number of rotatable bonds is 2. The standard InChI is InChI=1S/C13H18FN3O/c1-17(10-4-2-9(15)3-5-10)13(18)11-6-7-16-8-12(11)14/h6-10H,2-5,15H2,1H3. The summed E-state index contributed by atoms with van der Waals surface area (Å²) in [5.74, 6) is -0.850. The Morgan fingerprint density at radius 3 is 2.72 bits per heavy atom. The molecule has 0 unspecified atom stereocenters. The van der Waals surface area contributed by atoms with E-state index in [0.29, 0.717) is 0 Å². The average molecular weight is 251 g/mol. The number of carbonyl (C=O) groups is 1. The van der Waals surface area contributed by atoms with E-state index in [1.807, 2.05) is 0 Å². The lowest BCUT2D eigenvalue weighted by atomic mass is 9.91. The summed E-state index contributed by atoms with van der Waals surface area (Å²) in [6.45, 7) is 0. The molecular weight excluding hydrogens is 233 g/mol. The maximum atomic E-state index is 13.5. The van der Waals surface area contributed by atoms with Gasteiger partial charge >= 0.3 is 0 Å². The summed E-state index contributed by atoms with van der Waals surface area (Å²) in [4.78, 5) is 17.4. The molecule has 1 heterocycles. The normalized spacial score (nSPS) is 23.7. The molecule has 0 aliphatic heterocycles. The summed E-state index contributed by atoms with van der Waals surface area (Å²) in [5.41, 5.74) is 5.92. The van der Waals surface area contributed by atoms with Crippen molar-refractivity contribution in [2.45, 2.75) is 37.8 Å². The van der Waals surface area contributed by atoms with E-state index in [1.54, 1.807) is 11.9 Å². The van der Waals surface area contributed by atoms with Crippen LogP contribution in [-0.2, 0) is 0 Å². The Kier molecular flexibility index (Phi) is 3.91. The van der Waals surface area contributed by atoms with Crippen LogP contribution in [0.25, 0.3) is 0 Å². The lowest BCUT2D eigenvalue weighted by Crippen LogP contribution is -2.42. The van der Waals surface area contributed by atoms with Crippen LogP contribution in [0.4, 0.5) is 4.39 Å². The van der Waals surface area contributed by atoms with Gasteiger partial charge in [-0.05, 0) is 31.7 Å². The van der Waals surface area contributed by atoms with Crippen molar-refractivity contribution in [3.05, 3.63) is 29.8 Å². The van der Waals surface area contributed by atoms with Gasteiger partial charge in [0.25, 0.3) is 5.91 Å². The van der Waals surface area contributed by atoms with E-state index in [-0.39, 0.29) is 23.6 Å². The summed E-state index contributed by atoms with van der Waals surface area (Å²) in [5, 5.41) is 0. The Morgan fingerprint density at radius 1 is 1.44 bits per heavy atom. The van der Waals surface area contributed by atoms with Crippen LogP contribution >= 0.6 is 0 Å². The number of nitrogens with two attached hydrogens (primary N) is 1. The van der Waals surface area contributed by atoms with Crippen molar-refractivity contribution >= 4 is 5.91 Å². The van der Waals surface area contributed by atoms with Crippen LogP contribution in [-0.4, -0.2) is 34.9 Å². The number of hydrogen-bond donors (Lipinski definition) is 1. The molecule has 0 atom stereocenters. The van der Waals surface area contributed by atoms with Gasteiger partial charge in [-0.1, -0.05) is 0 Å². The first-order chi connectivity index (χ1) is 8.59. The van der Waals surface area contributed by atoms with Gasteiger partial charge in [0.15, 0.2) is 5.82 Å². The third-order valence-electron chi connectivity index (χ3n) is 3.61. The zero-order valence-electron chi connectivity index (χ0n) is 10.5. The molecule has 0 saturated heterocycles. The molecular formula is C13H18FN3O. The number of nitrogens with zero attached hydrogens (tertiary/aromatic N) is 2. The van der Waals surface area contributed by atoms with E-state index in [9.17, 15) is 9.18 Å². The highest BCUT2D eigenvalue weighted by molar-refractivity contribution is 5.94. The highest BCUT2D eigenvalue weighted by atomic mass is 19.1. The van der Waals surface area contributed by atoms with Crippen molar-refractivity contribution in [3.8, 4) is 0 Å². The number of pyridine rings is 1. The van der Waals surface area contributed by atoms with Crippen molar-refractivity contribution in [1.29, 1.82) is 0 Å². The molecule has 2 rings (SSSR count). The molecule has 1 aliphatic carbocycles. The van der Waals surface area contributed by atoms with Crippen LogP contribution in [0.2, 0.25) is 0 Å². The molecule has 0 bridgehead atoms. The average Bonchev–Trinajstić information content (AvgIpc) is 2.38. The third-order valence-corrected chi connectivity index (χ3v) is 3.61. The van der Waals surface area contributed by atoms with Gasteiger partial charge in [-0.3, -0.25) is 9.78 Å². The molecule has 1 fully saturated rings. The summed E-state index contributed by atoms with van der Waals surface area (Å²) in [7, 11) is 1.73. The van der Waals surface area contributed by atoms with E-state index >= 15 is 0 Å². The van der Waals surface area contributed by atoms with Gasteiger partial charge in [0.1, 0.15) is 0 Å². The SMILES string of the molecule is CN(C(=O)c1ccncc1F)C1CCC(N)CC1. The van der Waals surface area contributed by atoms with Crippen LogP contribution in [0.3, 0.4) is 0 Å². The first-order valence-electron chi connectivity index (χ1n) is 6.22. The number of aromatic nitrogens is 1. The zero-order chi connectivity index (χ0) is 13.1. The largest absolute Gasteiger partial charge is 0.339 e.